The SMILES string of the molecule is CCCC(C)(C)CC1(O)CC1. The molecule has 1 fully saturated rings. The van der Waals surface area contributed by atoms with Crippen molar-refractivity contribution in [3.05, 3.63) is 0 Å². The largest absolute Gasteiger partial charge is 0.390 e. The molecule has 0 aliphatic heterocycles. The Balaban J connectivity index is 2.33. The highest BCUT2D eigenvalue weighted by Crippen LogP contribution is 2.45. The molecule has 0 spiro atoms. The van der Waals surface area contributed by atoms with E-state index in [2.05, 4.69) is 20.8 Å². The van der Waals surface area contributed by atoms with Crippen LogP contribution in [0.2, 0.25) is 0 Å². The van der Waals surface area contributed by atoms with Gasteiger partial charge < -0.3 is 5.11 Å². The zero-order valence-electron chi connectivity index (χ0n) is 7.98. The summed E-state index contributed by atoms with van der Waals surface area (Å²) in [4.78, 5) is 0. The maximum Gasteiger partial charge on any atom is 0.0655 e. The first-order valence-corrected chi connectivity index (χ1v) is 4.70. The Kier molecular flexibility index (Phi) is 2.29. The summed E-state index contributed by atoms with van der Waals surface area (Å²) in [6.45, 7) is 6.72. The highest BCUT2D eigenvalue weighted by molar-refractivity contribution is 4.96. The lowest BCUT2D eigenvalue weighted by atomic mass is 9.81. The van der Waals surface area contributed by atoms with Crippen LogP contribution in [-0.2, 0) is 0 Å². The molecule has 0 aromatic carbocycles. The molecule has 1 nitrogen and oxygen atoms in total. The summed E-state index contributed by atoms with van der Waals surface area (Å²) in [6, 6.07) is 0. The molecular weight excluding hydrogens is 136 g/mol. The standard InChI is InChI=1S/C10H20O/c1-4-5-9(2,3)8-10(11)6-7-10/h11H,4-8H2,1-3H3. The Labute approximate surface area is 69.8 Å². The van der Waals surface area contributed by atoms with E-state index in [9.17, 15) is 5.11 Å². The molecule has 66 valence electrons. The first-order chi connectivity index (χ1) is 4.97. The van der Waals surface area contributed by atoms with Crippen LogP contribution in [0.3, 0.4) is 0 Å². The molecule has 1 saturated carbocycles. The van der Waals surface area contributed by atoms with Crippen LogP contribution < -0.4 is 0 Å². The summed E-state index contributed by atoms with van der Waals surface area (Å²) in [7, 11) is 0. The maximum atomic E-state index is 9.69. The molecule has 0 bridgehead atoms. The van der Waals surface area contributed by atoms with Crippen molar-refractivity contribution in [3.63, 3.8) is 0 Å². The number of hydrogen-bond donors (Lipinski definition) is 1. The van der Waals surface area contributed by atoms with Crippen molar-refractivity contribution in [1.82, 2.24) is 0 Å². The second-order valence-corrected chi connectivity index (χ2v) is 4.82. The van der Waals surface area contributed by atoms with Crippen molar-refractivity contribution in [2.45, 2.75) is 58.5 Å². The van der Waals surface area contributed by atoms with E-state index in [-0.39, 0.29) is 5.60 Å². The molecule has 0 heterocycles. The molecule has 0 saturated heterocycles. The lowest BCUT2D eigenvalue weighted by Crippen LogP contribution is -2.21. The summed E-state index contributed by atoms with van der Waals surface area (Å²) in [5.74, 6) is 0. The van der Waals surface area contributed by atoms with E-state index in [1.165, 1.54) is 12.8 Å². The van der Waals surface area contributed by atoms with Gasteiger partial charge in [-0.05, 0) is 31.1 Å². The minimum Gasteiger partial charge on any atom is -0.390 e. The van der Waals surface area contributed by atoms with Crippen molar-refractivity contribution < 1.29 is 5.11 Å². The average Bonchev–Trinajstić information content (AvgIpc) is 2.45. The van der Waals surface area contributed by atoms with E-state index in [1.54, 1.807) is 0 Å². The van der Waals surface area contributed by atoms with E-state index in [0.717, 1.165) is 19.3 Å². The Morgan fingerprint density at radius 1 is 1.36 bits per heavy atom. The van der Waals surface area contributed by atoms with Crippen LogP contribution in [0.25, 0.3) is 0 Å². The van der Waals surface area contributed by atoms with Crippen LogP contribution in [-0.4, -0.2) is 10.7 Å². The monoisotopic (exact) mass is 156 g/mol. The highest BCUT2D eigenvalue weighted by Gasteiger charge is 2.43. The quantitative estimate of drug-likeness (QED) is 0.663. The highest BCUT2D eigenvalue weighted by atomic mass is 16.3. The van der Waals surface area contributed by atoms with Crippen LogP contribution in [0.15, 0.2) is 0 Å². The summed E-state index contributed by atoms with van der Waals surface area (Å²) >= 11 is 0. The molecule has 0 aromatic heterocycles. The van der Waals surface area contributed by atoms with Gasteiger partial charge in [0.25, 0.3) is 0 Å². The molecule has 11 heavy (non-hydrogen) atoms. The molecule has 1 aliphatic carbocycles. The number of rotatable bonds is 4. The minimum absolute atomic E-state index is 0.265. The van der Waals surface area contributed by atoms with E-state index < -0.39 is 0 Å². The van der Waals surface area contributed by atoms with Gasteiger partial charge in [0.2, 0.25) is 0 Å². The first kappa shape index (κ1) is 9.05. The van der Waals surface area contributed by atoms with Gasteiger partial charge in [0.15, 0.2) is 0 Å². The van der Waals surface area contributed by atoms with Crippen LogP contribution in [0.1, 0.15) is 52.9 Å². The zero-order chi connectivity index (χ0) is 8.54. The maximum absolute atomic E-state index is 9.69. The Hall–Kier alpha value is -0.0400. The first-order valence-electron chi connectivity index (χ1n) is 4.70. The van der Waals surface area contributed by atoms with Gasteiger partial charge in [-0.1, -0.05) is 27.2 Å². The Morgan fingerprint density at radius 2 is 1.91 bits per heavy atom. The van der Waals surface area contributed by atoms with Gasteiger partial charge in [-0.25, -0.2) is 0 Å². The summed E-state index contributed by atoms with van der Waals surface area (Å²) < 4.78 is 0. The van der Waals surface area contributed by atoms with E-state index in [4.69, 9.17) is 0 Å². The van der Waals surface area contributed by atoms with Gasteiger partial charge in [-0.15, -0.1) is 0 Å². The van der Waals surface area contributed by atoms with E-state index in [0.29, 0.717) is 5.41 Å². The smallest absolute Gasteiger partial charge is 0.0655 e. The summed E-state index contributed by atoms with van der Waals surface area (Å²) in [6.07, 6.45) is 5.51. The second-order valence-electron chi connectivity index (χ2n) is 4.82. The lowest BCUT2D eigenvalue weighted by Gasteiger charge is -2.26. The topological polar surface area (TPSA) is 20.2 Å². The van der Waals surface area contributed by atoms with Crippen LogP contribution >= 0.6 is 0 Å². The van der Waals surface area contributed by atoms with Crippen molar-refractivity contribution >= 4 is 0 Å². The van der Waals surface area contributed by atoms with E-state index in [1.807, 2.05) is 0 Å². The van der Waals surface area contributed by atoms with Gasteiger partial charge in [-0.3, -0.25) is 0 Å². The predicted molar refractivity (Wildman–Crippen MR) is 47.5 cm³/mol. The fourth-order valence-corrected chi connectivity index (χ4v) is 1.98. The molecule has 1 heteroatoms. The molecule has 1 N–H and O–H groups in total. The third kappa shape index (κ3) is 2.82. The van der Waals surface area contributed by atoms with Gasteiger partial charge in [0, 0.05) is 0 Å². The molecule has 0 radical (unpaired) electrons. The molecular formula is C10H20O. The lowest BCUT2D eigenvalue weighted by molar-refractivity contribution is 0.0869. The summed E-state index contributed by atoms with van der Waals surface area (Å²) in [5, 5.41) is 9.69. The van der Waals surface area contributed by atoms with Crippen LogP contribution in [0.4, 0.5) is 0 Å². The molecule has 1 aliphatic rings. The Bertz CT molecular complexity index is 134. The van der Waals surface area contributed by atoms with Crippen molar-refractivity contribution in [2.75, 3.05) is 0 Å². The molecule has 0 unspecified atom stereocenters. The third-order valence-corrected chi connectivity index (χ3v) is 2.56. The molecule has 0 atom stereocenters. The Morgan fingerprint density at radius 3 is 2.27 bits per heavy atom. The summed E-state index contributed by atoms with van der Waals surface area (Å²) in [5.41, 5.74) is 0.0820. The van der Waals surface area contributed by atoms with Gasteiger partial charge >= 0.3 is 0 Å². The van der Waals surface area contributed by atoms with Gasteiger partial charge in [0.05, 0.1) is 5.60 Å². The second kappa shape index (κ2) is 2.78. The van der Waals surface area contributed by atoms with Gasteiger partial charge in [-0.2, -0.15) is 0 Å². The predicted octanol–water partition coefficient (Wildman–Crippen LogP) is 2.73. The fraction of sp³-hybridized carbons (Fsp3) is 1.00. The zero-order valence-corrected chi connectivity index (χ0v) is 7.98. The third-order valence-electron chi connectivity index (χ3n) is 2.56. The van der Waals surface area contributed by atoms with Crippen molar-refractivity contribution in [3.8, 4) is 0 Å². The normalized spacial score (nSPS) is 21.8. The van der Waals surface area contributed by atoms with Crippen molar-refractivity contribution in [2.24, 2.45) is 5.41 Å². The number of hydrogen-bond acceptors (Lipinski definition) is 1. The number of aliphatic hydroxyl groups is 1. The fourth-order valence-electron chi connectivity index (χ4n) is 1.98. The van der Waals surface area contributed by atoms with E-state index >= 15 is 0 Å². The van der Waals surface area contributed by atoms with Crippen LogP contribution in [0.5, 0.6) is 0 Å². The van der Waals surface area contributed by atoms with Crippen LogP contribution in [0, 0.1) is 5.41 Å². The minimum atomic E-state index is -0.265. The molecule has 0 aromatic rings. The molecule has 0 amide bonds. The average molecular weight is 156 g/mol. The molecule has 1 rings (SSSR count). The van der Waals surface area contributed by atoms with Crippen molar-refractivity contribution in [1.29, 1.82) is 0 Å². The van der Waals surface area contributed by atoms with Gasteiger partial charge in [0.1, 0.15) is 0 Å².